The fourth-order valence-corrected chi connectivity index (χ4v) is 6.27. The number of benzene rings is 3. The molecule has 37 heavy (non-hydrogen) atoms. The van der Waals surface area contributed by atoms with Gasteiger partial charge in [0.05, 0.1) is 6.67 Å². The molecule has 1 saturated heterocycles. The summed E-state index contributed by atoms with van der Waals surface area (Å²) in [4.78, 5) is 3.67. The SMILES string of the molecule is C[S+](C)c1ccc(C2=C(c3ccc(O[C@H]4CCN(CCCF)C4)cc3)c3ccc(O)cc3CCC2)cc1. The molecular formula is C32H37FNO2S+. The van der Waals surface area contributed by atoms with Gasteiger partial charge in [-0.15, -0.1) is 0 Å². The Balaban J connectivity index is 1.47. The second-order valence-electron chi connectivity index (χ2n) is 10.3. The summed E-state index contributed by atoms with van der Waals surface area (Å²) in [6, 6.07) is 23.4. The fraction of sp³-hybridized carbons (Fsp3) is 0.375. The van der Waals surface area contributed by atoms with Gasteiger partial charge in [-0.25, -0.2) is 0 Å². The number of aromatic hydroxyl groups is 1. The Bertz CT molecular complexity index is 1240. The third kappa shape index (κ3) is 6.05. The van der Waals surface area contributed by atoms with Crippen molar-refractivity contribution in [3.05, 3.63) is 89.0 Å². The van der Waals surface area contributed by atoms with Gasteiger partial charge in [-0.2, -0.15) is 0 Å². The lowest BCUT2D eigenvalue weighted by atomic mass is 9.88. The number of allylic oxidation sites excluding steroid dienone is 1. The zero-order valence-corrected chi connectivity index (χ0v) is 22.7. The van der Waals surface area contributed by atoms with Gasteiger partial charge in [0.15, 0.2) is 4.90 Å². The van der Waals surface area contributed by atoms with Gasteiger partial charge in [0.1, 0.15) is 30.1 Å². The number of aryl methyl sites for hydroxylation is 1. The number of likely N-dealkylation sites (tertiary alicyclic amines) is 1. The van der Waals surface area contributed by atoms with Crippen LogP contribution in [0.4, 0.5) is 4.39 Å². The van der Waals surface area contributed by atoms with Gasteiger partial charge in [-0.05, 0) is 114 Å². The average Bonchev–Trinajstić information content (AvgIpc) is 3.26. The Labute approximate surface area is 223 Å². The van der Waals surface area contributed by atoms with Crippen LogP contribution in [0.5, 0.6) is 11.5 Å². The second kappa shape index (κ2) is 11.7. The summed E-state index contributed by atoms with van der Waals surface area (Å²) >= 11 is 0. The molecule has 0 bridgehead atoms. The molecule has 0 saturated carbocycles. The van der Waals surface area contributed by atoms with Crippen LogP contribution in [0.15, 0.2) is 71.6 Å². The molecule has 2 aliphatic rings. The maximum atomic E-state index is 12.5. The van der Waals surface area contributed by atoms with Crippen molar-refractivity contribution in [1.82, 2.24) is 4.90 Å². The van der Waals surface area contributed by atoms with Crippen molar-refractivity contribution in [3.8, 4) is 11.5 Å². The summed E-state index contributed by atoms with van der Waals surface area (Å²) in [5, 5.41) is 10.2. The molecule has 0 aromatic heterocycles. The van der Waals surface area contributed by atoms with E-state index in [0.717, 1.165) is 51.1 Å². The maximum Gasteiger partial charge on any atom is 0.154 e. The largest absolute Gasteiger partial charge is 0.508 e. The monoisotopic (exact) mass is 518 g/mol. The topological polar surface area (TPSA) is 32.7 Å². The highest BCUT2D eigenvalue weighted by Gasteiger charge is 2.24. The number of hydrogen-bond donors (Lipinski definition) is 1. The number of nitrogens with zero attached hydrogens (tertiary/aromatic N) is 1. The van der Waals surface area contributed by atoms with Crippen LogP contribution in [-0.4, -0.2) is 54.9 Å². The molecule has 3 aromatic carbocycles. The molecule has 1 aliphatic heterocycles. The molecular weight excluding hydrogens is 481 g/mol. The molecule has 0 unspecified atom stereocenters. The van der Waals surface area contributed by atoms with E-state index in [-0.39, 0.29) is 23.7 Å². The predicted molar refractivity (Wildman–Crippen MR) is 153 cm³/mol. The Kier molecular flexibility index (Phi) is 8.21. The van der Waals surface area contributed by atoms with Gasteiger partial charge < -0.3 is 9.84 Å². The Morgan fingerprint density at radius 2 is 1.73 bits per heavy atom. The van der Waals surface area contributed by atoms with Crippen LogP contribution >= 0.6 is 0 Å². The minimum Gasteiger partial charge on any atom is -0.508 e. The van der Waals surface area contributed by atoms with E-state index in [2.05, 4.69) is 72.0 Å². The van der Waals surface area contributed by atoms with Crippen LogP contribution in [0.2, 0.25) is 0 Å². The summed E-state index contributed by atoms with van der Waals surface area (Å²) in [5.41, 5.74) is 7.44. The highest BCUT2D eigenvalue weighted by molar-refractivity contribution is 7.95. The molecule has 1 N–H and O–H groups in total. The smallest absolute Gasteiger partial charge is 0.154 e. The maximum absolute atomic E-state index is 12.5. The van der Waals surface area contributed by atoms with Crippen LogP contribution < -0.4 is 4.74 Å². The number of phenols is 1. The number of phenolic OH excluding ortho intramolecular Hbond substituents is 1. The lowest BCUT2D eigenvalue weighted by molar-refractivity contribution is 0.198. The van der Waals surface area contributed by atoms with Crippen LogP contribution in [0.1, 0.15) is 47.9 Å². The molecule has 3 nitrogen and oxygen atoms in total. The predicted octanol–water partition coefficient (Wildman–Crippen LogP) is 6.74. The summed E-state index contributed by atoms with van der Waals surface area (Å²) < 4.78 is 18.8. The third-order valence-electron chi connectivity index (χ3n) is 7.49. The summed E-state index contributed by atoms with van der Waals surface area (Å²) in [6.07, 6.45) is 9.22. The van der Waals surface area contributed by atoms with E-state index in [1.54, 1.807) is 6.07 Å². The fourth-order valence-electron chi connectivity index (χ4n) is 5.59. The number of hydrogen-bond acceptors (Lipinski definition) is 3. The van der Waals surface area contributed by atoms with Crippen molar-refractivity contribution < 1.29 is 14.2 Å². The average molecular weight is 519 g/mol. The van der Waals surface area contributed by atoms with E-state index in [1.165, 1.54) is 38.3 Å². The molecule has 1 heterocycles. The normalized spacial score (nSPS) is 18.2. The van der Waals surface area contributed by atoms with Gasteiger partial charge in [-0.1, -0.05) is 18.2 Å². The van der Waals surface area contributed by atoms with E-state index in [1.807, 2.05) is 6.07 Å². The zero-order valence-electron chi connectivity index (χ0n) is 21.9. The minimum atomic E-state index is -0.258. The van der Waals surface area contributed by atoms with Crippen molar-refractivity contribution in [2.45, 2.75) is 43.1 Å². The van der Waals surface area contributed by atoms with E-state index >= 15 is 0 Å². The minimum absolute atomic E-state index is 0.155. The van der Waals surface area contributed by atoms with E-state index < -0.39 is 0 Å². The lowest BCUT2D eigenvalue weighted by Gasteiger charge is -2.19. The molecule has 1 atom stereocenters. The molecule has 1 fully saturated rings. The Morgan fingerprint density at radius 1 is 0.973 bits per heavy atom. The number of alkyl halides is 1. The summed E-state index contributed by atoms with van der Waals surface area (Å²) in [6.45, 7) is 2.38. The zero-order chi connectivity index (χ0) is 25.8. The van der Waals surface area contributed by atoms with Gasteiger partial charge in [0.2, 0.25) is 0 Å². The van der Waals surface area contributed by atoms with Gasteiger partial charge >= 0.3 is 0 Å². The summed E-state index contributed by atoms with van der Waals surface area (Å²) in [7, 11) is 0.234. The van der Waals surface area contributed by atoms with Crippen molar-refractivity contribution in [3.63, 3.8) is 0 Å². The van der Waals surface area contributed by atoms with Gasteiger partial charge in [0.25, 0.3) is 0 Å². The molecule has 194 valence electrons. The van der Waals surface area contributed by atoms with Crippen molar-refractivity contribution in [2.24, 2.45) is 0 Å². The van der Waals surface area contributed by atoms with Crippen molar-refractivity contribution in [1.29, 1.82) is 0 Å². The standard InChI is InChI=1S/C32H36FNO2S/c1-37(2)29-14-9-23(10-15-29)30-6-3-5-25-21-26(35)11-16-31(25)32(30)24-7-12-27(13-8-24)36-28-17-20-34(22-28)19-4-18-33/h7-16,21,28H,3-6,17-20,22H2,1-2H3/p+1/t28-/m0/s1. The molecule has 0 radical (unpaired) electrons. The molecule has 5 heteroatoms. The highest BCUT2D eigenvalue weighted by Crippen LogP contribution is 2.41. The van der Waals surface area contributed by atoms with Gasteiger partial charge in [-0.3, -0.25) is 9.29 Å². The third-order valence-corrected chi connectivity index (χ3v) is 8.70. The first-order chi connectivity index (χ1) is 18.0. The lowest BCUT2D eigenvalue weighted by Crippen LogP contribution is -2.26. The number of ether oxygens (including phenoxy) is 1. The quantitative estimate of drug-likeness (QED) is 0.335. The van der Waals surface area contributed by atoms with Crippen molar-refractivity contribution >= 4 is 22.0 Å². The first-order valence-electron chi connectivity index (χ1n) is 13.3. The molecule has 5 rings (SSSR count). The van der Waals surface area contributed by atoms with Crippen molar-refractivity contribution in [2.75, 3.05) is 38.8 Å². The van der Waals surface area contributed by atoms with Crippen LogP contribution in [0.25, 0.3) is 11.1 Å². The first kappa shape index (κ1) is 25.9. The number of fused-ring (bicyclic) bond motifs is 1. The van der Waals surface area contributed by atoms with Crippen LogP contribution in [0, 0.1) is 0 Å². The van der Waals surface area contributed by atoms with E-state index in [0.29, 0.717) is 12.2 Å². The first-order valence-corrected chi connectivity index (χ1v) is 15.3. The Morgan fingerprint density at radius 3 is 2.46 bits per heavy atom. The highest BCUT2D eigenvalue weighted by atomic mass is 32.2. The van der Waals surface area contributed by atoms with E-state index in [4.69, 9.17) is 4.74 Å². The van der Waals surface area contributed by atoms with E-state index in [9.17, 15) is 9.50 Å². The molecule has 3 aromatic rings. The molecule has 0 spiro atoms. The Hall–Kier alpha value is -2.76. The second-order valence-corrected chi connectivity index (χ2v) is 12.4. The number of halogens is 1. The number of rotatable bonds is 8. The van der Waals surface area contributed by atoms with Gasteiger partial charge in [0, 0.05) is 30.5 Å². The van der Waals surface area contributed by atoms with Crippen LogP contribution in [0.3, 0.4) is 0 Å². The molecule has 1 aliphatic carbocycles. The van der Waals surface area contributed by atoms with Crippen LogP contribution in [-0.2, 0) is 17.3 Å². The summed E-state index contributed by atoms with van der Waals surface area (Å²) in [5.74, 6) is 1.20. The molecule has 0 amide bonds.